The van der Waals surface area contributed by atoms with Crippen molar-refractivity contribution in [3.63, 3.8) is 0 Å². The van der Waals surface area contributed by atoms with E-state index in [0.717, 1.165) is 9.80 Å². The third-order valence-electron chi connectivity index (χ3n) is 4.43. The van der Waals surface area contributed by atoms with E-state index in [-0.39, 0.29) is 30.0 Å². The number of esters is 1. The number of fused-ring (bicyclic) bond motifs is 1. The van der Waals surface area contributed by atoms with E-state index in [9.17, 15) is 24.0 Å². The van der Waals surface area contributed by atoms with Crippen molar-refractivity contribution in [1.82, 2.24) is 15.1 Å². The molecule has 1 aromatic rings. The maximum Gasteiger partial charge on any atom is 0.329 e. The van der Waals surface area contributed by atoms with E-state index in [1.807, 2.05) is 6.26 Å². The first-order chi connectivity index (χ1) is 13.8. The number of carbonyl (C=O) groups is 5. The highest BCUT2D eigenvalue weighted by atomic mass is 32.2. The molecular weight excluding hydrogens is 398 g/mol. The number of nitrogens with zero attached hydrogens (tertiary/aromatic N) is 2. The van der Waals surface area contributed by atoms with E-state index in [4.69, 9.17) is 4.74 Å². The summed E-state index contributed by atoms with van der Waals surface area (Å²) in [4.78, 5) is 63.5. The number of nitrogens with one attached hydrogen (secondary N) is 1. The van der Waals surface area contributed by atoms with Crippen LogP contribution >= 0.6 is 11.8 Å². The summed E-state index contributed by atoms with van der Waals surface area (Å²) in [6.07, 6.45) is 2.04. The molecule has 0 aromatic heterocycles. The summed E-state index contributed by atoms with van der Waals surface area (Å²) in [6.45, 7) is -0.771. The molecule has 1 aliphatic heterocycles. The van der Waals surface area contributed by atoms with Crippen LogP contribution in [0.1, 0.15) is 27.1 Å². The molecular formula is C19H23N3O6S. The molecule has 29 heavy (non-hydrogen) atoms. The maximum absolute atomic E-state index is 12.7. The predicted molar refractivity (Wildman–Crippen MR) is 106 cm³/mol. The zero-order valence-electron chi connectivity index (χ0n) is 16.5. The summed E-state index contributed by atoms with van der Waals surface area (Å²) in [5.41, 5.74) is 0.474. The molecule has 1 aromatic carbocycles. The summed E-state index contributed by atoms with van der Waals surface area (Å²) in [5.74, 6) is -2.38. The molecule has 9 nitrogen and oxygen atoms in total. The monoisotopic (exact) mass is 421 g/mol. The van der Waals surface area contributed by atoms with Crippen molar-refractivity contribution in [3.8, 4) is 0 Å². The molecule has 10 heteroatoms. The lowest BCUT2D eigenvalue weighted by atomic mass is 10.1. The fourth-order valence-corrected chi connectivity index (χ4v) is 3.25. The molecule has 1 atom stereocenters. The standard InChI is InChI=1S/C19H23N3O6S/c1-20-15(23)10-21(2)16(24)11-28-19(27)14(8-9-29-3)22-17(25)12-6-4-5-7-13(12)18(22)26/h4-7,14H,8-11H2,1-3H3,(H,20,23)/t14-/m0/s1. The minimum absolute atomic E-state index is 0.179. The highest BCUT2D eigenvalue weighted by molar-refractivity contribution is 7.98. The largest absolute Gasteiger partial charge is 0.454 e. The van der Waals surface area contributed by atoms with Crippen LogP contribution < -0.4 is 5.32 Å². The second-order valence-corrected chi connectivity index (χ2v) is 7.34. The van der Waals surface area contributed by atoms with Gasteiger partial charge in [0.1, 0.15) is 6.04 Å². The number of thioether (sulfide) groups is 1. The molecule has 0 radical (unpaired) electrons. The van der Waals surface area contributed by atoms with E-state index in [2.05, 4.69) is 5.32 Å². The molecule has 1 N–H and O–H groups in total. The van der Waals surface area contributed by atoms with Crippen molar-refractivity contribution in [2.45, 2.75) is 12.5 Å². The van der Waals surface area contributed by atoms with Crippen LogP contribution in [0.5, 0.6) is 0 Å². The van der Waals surface area contributed by atoms with Crippen molar-refractivity contribution in [2.24, 2.45) is 0 Å². The fraction of sp³-hybridized carbons (Fsp3) is 0.421. The van der Waals surface area contributed by atoms with Crippen LogP contribution in [0.25, 0.3) is 0 Å². The number of rotatable bonds is 9. The zero-order chi connectivity index (χ0) is 21.6. The molecule has 0 saturated carbocycles. The van der Waals surface area contributed by atoms with Gasteiger partial charge < -0.3 is 15.0 Å². The van der Waals surface area contributed by atoms with Crippen LogP contribution in [0.3, 0.4) is 0 Å². The van der Waals surface area contributed by atoms with E-state index >= 15 is 0 Å². The van der Waals surface area contributed by atoms with Gasteiger partial charge in [-0.25, -0.2) is 4.79 Å². The smallest absolute Gasteiger partial charge is 0.329 e. The van der Waals surface area contributed by atoms with Crippen LogP contribution in [-0.4, -0.2) is 84.7 Å². The van der Waals surface area contributed by atoms with Crippen LogP contribution in [0.4, 0.5) is 0 Å². The second-order valence-electron chi connectivity index (χ2n) is 6.35. The van der Waals surface area contributed by atoms with Gasteiger partial charge in [-0.3, -0.25) is 24.1 Å². The number of hydrogen-bond acceptors (Lipinski definition) is 7. The molecule has 0 spiro atoms. The molecule has 1 aliphatic rings. The first kappa shape index (κ1) is 22.4. The average molecular weight is 421 g/mol. The Morgan fingerprint density at radius 1 is 1.17 bits per heavy atom. The molecule has 4 amide bonds. The predicted octanol–water partition coefficient (Wildman–Crippen LogP) is 0.152. The number of amides is 4. The van der Waals surface area contributed by atoms with Gasteiger partial charge in [-0.1, -0.05) is 12.1 Å². The summed E-state index contributed by atoms with van der Waals surface area (Å²) < 4.78 is 5.09. The summed E-state index contributed by atoms with van der Waals surface area (Å²) in [7, 11) is 2.85. The molecule has 0 fully saturated rings. The molecule has 2 rings (SSSR count). The number of hydrogen-bond donors (Lipinski definition) is 1. The fourth-order valence-electron chi connectivity index (χ4n) is 2.79. The van der Waals surface area contributed by atoms with Crippen LogP contribution in [0.15, 0.2) is 24.3 Å². The van der Waals surface area contributed by atoms with Gasteiger partial charge in [0.15, 0.2) is 6.61 Å². The lowest BCUT2D eigenvalue weighted by Crippen LogP contribution is -2.47. The number of likely N-dealkylation sites (N-methyl/N-ethyl adjacent to an activating group) is 2. The van der Waals surface area contributed by atoms with Gasteiger partial charge >= 0.3 is 5.97 Å². The van der Waals surface area contributed by atoms with Crippen LogP contribution in [0, 0.1) is 0 Å². The Kier molecular flexibility index (Phi) is 7.77. The van der Waals surface area contributed by atoms with Crippen molar-refractivity contribution >= 4 is 41.4 Å². The summed E-state index contributed by atoms with van der Waals surface area (Å²) in [5, 5.41) is 2.39. The van der Waals surface area contributed by atoms with E-state index in [0.29, 0.717) is 5.75 Å². The number of ether oxygens (including phenoxy) is 1. The quantitative estimate of drug-likeness (QED) is 0.446. The molecule has 1 heterocycles. The number of benzene rings is 1. The Bertz CT molecular complexity index is 793. The van der Waals surface area contributed by atoms with Gasteiger partial charge in [-0.2, -0.15) is 11.8 Å². The molecule has 0 bridgehead atoms. The lowest BCUT2D eigenvalue weighted by molar-refractivity contribution is -0.155. The van der Waals surface area contributed by atoms with Crippen molar-refractivity contribution in [3.05, 3.63) is 35.4 Å². The van der Waals surface area contributed by atoms with Crippen molar-refractivity contribution in [1.29, 1.82) is 0 Å². The van der Waals surface area contributed by atoms with Crippen molar-refractivity contribution in [2.75, 3.05) is 39.3 Å². The Morgan fingerprint density at radius 3 is 2.28 bits per heavy atom. The Hall–Kier alpha value is -2.88. The zero-order valence-corrected chi connectivity index (χ0v) is 17.3. The number of imide groups is 1. The number of carbonyl (C=O) groups excluding carboxylic acids is 5. The minimum Gasteiger partial charge on any atom is -0.454 e. The summed E-state index contributed by atoms with van der Waals surface area (Å²) in [6, 6.07) is 5.22. The van der Waals surface area contributed by atoms with Gasteiger partial charge in [-0.15, -0.1) is 0 Å². The van der Waals surface area contributed by atoms with Gasteiger partial charge in [0.2, 0.25) is 5.91 Å². The van der Waals surface area contributed by atoms with E-state index in [1.165, 1.54) is 38.0 Å². The third-order valence-corrected chi connectivity index (χ3v) is 5.07. The molecule has 0 saturated heterocycles. The topological polar surface area (TPSA) is 113 Å². The van der Waals surface area contributed by atoms with Crippen LogP contribution in [-0.2, 0) is 19.1 Å². The Morgan fingerprint density at radius 2 is 1.76 bits per heavy atom. The average Bonchev–Trinajstić information content (AvgIpc) is 2.97. The third kappa shape index (κ3) is 5.14. The Labute approximate surface area is 172 Å². The molecule has 156 valence electrons. The van der Waals surface area contributed by atoms with Gasteiger partial charge in [0.25, 0.3) is 17.7 Å². The first-order valence-corrected chi connectivity index (χ1v) is 10.3. The molecule has 0 unspecified atom stereocenters. The highest BCUT2D eigenvalue weighted by Crippen LogP contribution is 2.26. The van der Waals surface area contributed by atoms with Gasteiger partial charge in [-0.05, 0) is 30.6 Å². The van der Waals surface area contributed by atoms with E-state index < -0.39 is 36.3 Å². The minimum atomic E-state index is -1.13. The Balaban J connectivity index is 2.09. The highest BCUT2D eigenvalue weighted by Gasteiger charge is 2.43. The van der Waals surface area contributed by atoms with Gasteiger partial charge in [0.05, 0.1) is 17.7 Å². The normalized spacial score (nSPS) is 13.7. The second kappa shape index (κ2) is 10.1. The van der Waals surface area contributed by atoms with Crippen LogP contribution in [0.2, 0.25) is 0 Å². The van der Waals surface area contributed by atoms with Crippen molar-refractivity contribution < 1.29 is 28.7 Å². The molecule has 0 aliphatic carbocycles. The summed E-state index contributed by atoms with van der Waals surface area (Å²) >= 11 is 1.45. The lowest BCUT2D eigenvalue weighted by Gasteiger charge is -2.24. The van der Waals surface area contributed by atoms with Gasteiger partial charge in [0, 0.05) is 14.1 Å². The SMILES string of the molecule is CNC(=O)CN(C)C(=O)COC(=O)[C@H](CCSC)N1C(=O)c2ccccc2C1=O. The maximum atomic E-state index is 12.7. The first-order valence-electron chi connectivity index (χ1n) is 8.88. The van der Waals surface area contributed by atoms with E-state index in [1.54, 1.807) is 12.1 Å².